The number of aromatic nitrogens is 1. The summed E-state index contributed by atoms with van der Waals surface area (Å²) in [7, 11) is 0. The molecule has 0 radical (unpaired) electrons. The molecule has 2 saturated heterocycles. The van der Waals surface area contributed by atoms with Gasteiger partial charge < -0.3 is 19.9 Å². The molecule has 140 valence electrons. The first kappa shape index (κ1) is 17.9. The van der Waals surface area contributed by atoms with Crippen LogP contribution in [0.15, 0.2) is 35.3 Å². The molecule has 0 spiro atoms. The molecular weight excluding hydrogens is 389 g/mol. The normalized spacial score (nSPS) is 20.0. The summed E-state index contributed by atoms with van der Waals surface area (Å²) in [6, 6.07) is 4.98. The van der Waals surface area contributed by atoms with Crippen LogP contribution in [0.3, 0.4) is 0 Å². The molecule has 0 bridgehead atoms. The van der Waals surface area contributed by atoms with Crippen molar-refractivity contribution in [2.45, 2.75) is 6.04 Å². The first-order valence-electron chi connectivity index (χ1n) is 8.16. The fourth-order valence-corrected chi connectivity index (χ4v) is 5.01. The second-order valence-corrected chi connectivity index (χ2v) is 8.18. The summed E-state index contributed by atoms with van der Waals surface area (Å²) in [6.45, 7) is 0.583. The van der Waals surface area contributed by atoms with Gasteiger partial charge in [-0.2, -0.15) is 0 Å². The number of nitrogens with one attached hydrogen (secondary N) is 3. The predicted molar refractivity (Wildman–Crippen MR) is 108 cm³/mol. The van der Waals surface area contributed by atoms with Crippen molar-refractivity contribution in [2.24, 2.45) is 0 Å². The number of pyridine rings is 1. The molecule has 0 saturated carbocycles. The Balaban J connectivity index is 1.76. The summed E-state index contributed by atoms with van der Waals surface area (Å²) in [5, 5.41) is 26.9. The third-order valence-electron chi connectivity index (χ3n) is 4.49. The van der Waals surface area contributed by atoms with Crippen molar-refractivity contribution in [1.82, 2.24) is 4.98 Å². The smallest absolute Gasteiger partial charge is 0.271 e. The topological polar surface area (TPSA) is 107 Å². The van der Waals surface area contributed by atoms with Crippen LogP contribution in [0, 0.1) is 16.6 Å². The van der Waals surface area contributed by atoms with E-state index in [2.05, 4.69) is 4.98 Å². The summed E-state index contributed by atoms with van der Waals surface area (Å²) in [6.07, 6.45) is 1.58. The molecule has 1 unspecified atom stereocenters. The van der Waals surface area contributed by atoms with E-state index in [4.69, 9.17) is 10.8 Å². The van der Waals surface area contributed by atoms with Crippen molar-refractivity contribution in [2.75, 3.05) is 27.9 Å². The number of benzene rings is 1. The van der Waals surface area contributed by atoms with Gasteiger partial charge in [0, 0.05) is 30.3 Å². The molecular formula is C17H16FN5O2S2. The van der Waals surface area contributed by atoms with Gasteiger partial charge in [0.1, 0.15) is 17.3 Å². The minimum absolute atomic E-state index is 0.115. The SMILES string of the molecule is N=C1SCCN1c1cc(C2CSC(=N)N2c2cc(F)ccc2O)c[nH]c1=O. The van der Waals surface area contributed by atoms with Crippen LogP contribution in [0.25, 0.3) is 0 Å². The Morgan fingerprint density at radius 2 is 2.00 bits per heavy atom. The van der Waals surface area contributed by atoms with Gasteiger partial charge in [-0.1, -0.05) is 23.5 Å². The molecule has 4 N–H and O–H groups in total. The number of aromatic amines is 1. The molecule has 7 nitrogen and oxygen atoms in total. The van der Waals surface area contributed by atoms with Gasteiger partial charge in [0.2, 0.25) is 0 Å². The number of halogens is 1. The third kappa shape index (κ3) is 3.19. The average molecular weight is 405 g/mol. The monoisotopic (exact) mass is 405 g/mol. The van der Waals surface area contributed by atoms with Crippen LogP contribution < -0.4 is 15.4 Å². The summed E-state index contributed by atoms with van der Waals surface area (Å²) < 4.78 is 13.7. The second-order valence-electron chi connectivity index (χ2n) is 6.09. The molecule has 3 heterocycles. The number of amidine groups is 2. The highest BCUT2D eigenvalue weighted by Crippen LogP contribution is 2.42. The summed E-state index contributed by atoms with van der Waals surface area (Å²) in [5.41, 5.74) is 1.04. The number of phenols is 1. The van der Waals surface area contributed by atoms with Gasteiger partial charge in [0.25, 0.3) is 5.56 Å². The number of hydrogen-bond donors (Lipinski definition) is 4. The zero-order valence-corrected chi connectivity index (χ0v) is 15.7. The summed E-state index contributed by atoms with van der Waals surface area (Å²) in [5.74, 6) is 0.648. The van der Waals surface area contributed by atoms with Gasteiger partial charge in [-0.25, -0.2) is 4.39 Å². The van der Waals surface area contributed by atoms with Crippen molar-refractivity contribution in [3.8, 4) is 5.75 Å². The van der Waals surface area contributed by atoms with Crippen LogP contribution in [-0.2, 0) is 0 Å². The van der Waals surface area contributed by atoms with Gasteiger partial charge >= 0.3 is 0 Å². The Labute approximate surface area is 162 Å². The van der Waals surface area contributed by atoms with E-state index >= 15 is 0 Å². The van der Waals surface area contributed by atoms with E-state index in [1.165, 1.54) is 35.7 Å². The molecule has 0 amide bonds. The molecule has 1 aromatic heterocycles. The Morgan fingerprint density at radius 3 is 2.74 bits per heavy atom. The molecule has 0 aliphatic carbocycles. The van der Waals surface area contributed by atoms with Crippen molar-refractivity contribution in [1.29, 1.82) is 10.8 Å². The van der Waals surface area contributed by atoms with Gasteiger partial charge in [0.15, 0.2) is 10.3 Å². The van der Waals surface area contributed by atoms with Crippen molar-refractivity contribution in [3.63, 3.8) is 0 Å². The highest BCUT2D eigenvalue weighted by Gasteiger charge is 2.34. The number of rotatable bonds is 3. The fraction of sp³-hybridized carbons (Fsp3) is 0.235. The van der Waals surface area contributed by atoms with Crippen molar-refractivity contribution in [3.05, 3.63) is 52.2 Å². The molecule has 27 heavy (non-hydrogen) atoms. The van der Waals surface area contributed by atoms with Gasteiger partial charge in [-0.3, -0.25) is 15.6 Å². The first-order chi connectivity index (χ1) is 13.0. The number of aromatic hydroxyl groups is 1. The van der Waals surface area contributed by atoms with Crippen molar-refractivity contribution >= 4 is 45.2 Å². The molecule has 2 aliphatic rings. The zero-order chi connectivity index (χ0) is 19.1. The lowest BCUT2D eigenvalue weighted by molar-refractivity contribution is 0.472. The summed E-state index contributed by atoms with van der Waals surface area (Å²) in [4.78, 5) is 18.2. The van der Waals surface area contributed by atoms with E-state index < -0.39 is 5.82 Å². The number of thioether (sulfide) groups is 2. The maximum absolute atomic E-state index is 13.7. The maximum Gasteiger partial charge on any atom is 0.271 e. The standard InChI is InChI=1S/C17H16FN5O2S2/c18-10-1-2-14(24)11(6-10)23-13(8-27-17(23)20)9-5-12(15(25)21-7-9)22-3-4-26-16(22)19/h1-2,5-7,13,19-20,24H,3-4,8H2,(H,21,25). The quantitative estimate of drug-likeness (QED) is 0.625. The largest absolute Gasteiger partial charge is 0.506 e. The highest BCUT2D eigenvalue weighted by molar-refractivity contribution is 8.14. The molecule has 4 rings (SSSR count). The fourth-order valence-electron chi connectivity index (χ4n) is 3.18. The molecule has 2 aliphatic heterocycles. The van der Waals surface area contributed by atoms with Gasteiger partial charge in [0.05, 0.1) is 11.7 Å². The minimum atomic E-state index is -0.504. The van der Waals surface area contributed by atoms with E-state index in [1.54, 1.807) is 22.1 Å². The Hall–Kier alpha value is -2.46. The zero-order valence-electron chi connectivity index (χ0n) is 14.0. The van der Waals surface area contributed by atoms with Crippen LogP contribution in [0.5, 0.6) is 5.75 Å². The number of anilines is 2. The number of H-pyrrole nitrogens is 1. The lowest BCUT2D eigenvalue weighted by atomic mass is 10.1. The Kier molecular flexibility index (Phi) is 4.60. The predicted octanol–water partition coefficient (Wildman–Crippen LogP) is 2.94. The summed E-state index contributed by atoms with van der Waals surface area (Å²) >= 11 is 2.67. The van der Waals surface area contributed by atoms with E-state index in [-0.39, 0.29) is 28.2 Å². The lowest BCUT2D eigenvalue weighted by Crippen LogP contribution is -2.31. The minimum Gasteiger partial charge on any atom is -0.506 e. The van der Waals surface area contributed by atoms with Crippen LogP contribution in [0.4, 0.5) is 15.8 Å². The van der Waals surface area contributed by atoms with E-state index in [1.807, 2.05) is 0 Å². The van der Waals surface area contributed by atoms with Crippen LogP contribution in [0.2, 0.25) is 0 Å². The number of hydrogen-bond acceptors (Lipinski definition) is 6. The van der Waals surface area contributed by atoms with Crippen LogP contribution >= 0.6 is 23.5 Å². The number of phenolic OH excluding ortho intramolecular Hbond substituents is 1. The molecule has 1 atom stereocenters. The molecule has 2 fully saturated rings. The highest BCUT2D eigenvalue weighted by atomic mass is 32.2. The number of nitrogens with zero attached hydrogens (tertiary/aromatic N) is 2. The second kappa shape index (κ2) is 6.93. The lowest BCUT2D eigenvalue weighted by Gasteiger charge is -2.27. The van der Waals surface area contributed by atoms with E-state index in [9.17, 15) is 14.3 Å². The van der Waals surface area contributed by atoms with Gasteiger partial charge in [-0.15, -0.1) is 0 Å². The maximum atomic E-state index is 13.7. The van der Waals surface area contributed by atoms with E-state index in [0.29, 0.717) is 23.2 Å². The average Bonchev–Trinajstić information content (AvgIpc) is 3.23. The first-order valence-corrected chi connectivity index (χ1v) is 10.1. The third-order valence-corrected chi connectivity index (χ3v) is 6.32. The Morgan fingerprint density at radius 1 is 1.19 bits per heavy atom. The molecule has 1 aromatic carbocycles. The Bertz CT molecular complexity index is 996. The molecule has 2 aromatic rings. The van der Waals surface area contributed by atoms with Crippen LogP contribution in [-0.4, -0.2) is 38.5 Å². The molecule has 10 heteroatoms. The van der Waals surface area contributed by atoms with Gasteiger partial charge in [-0.05, 0) is 23.8 Å². The van der Waals surface area contributed by atoms with Crippen LogP contribution in [0.1, 0.15) is 11.6 Å². The van der Waals surface area contributed by atoms with Crippen molar-refractivity contribution < 1.29 is 9.50 Å². The van der Waals surface area contributed by atoms with E-state index in [0.717, 1.165) is 17.4 Å².